The summed E-state index contributed by atoms with van der Waals surface area (Å²) in [5, 5.41) is 5.02. The van der Waals surface area contributed by atoms with Crippen LogP contribution in [-0.2, 0) is 6.42 Å². The molecular weight excluding hydrogens is 422 g/mol. The van der Waals surface area contributed by atoms with Gasteiger partial charge in [0.1, 0.15) is 5.82 Å². The highest BCUT2D eigenvalue weighted by Gasteiger charge is 2.11. The molecule has 0 bridgehead atoms. The van der Waals surface area contributed by atoms with E-state index < -0.39 is 0 Å². The first-order chi connectivity index (χ1) is 13.1. The lowest BCUT2D eigenvalue weighted by atomic mass is 10.1. The van der Waals surface area contributed by atoms with Crippen molar-refractivity contribution in [3.8, 4) is 11.4 Å². The summed E-state index contributed by atoms with van der Waals surface area (Å²) in [6.07, 6.45) is 1.02. The van der Waals surface area contributed by atoms with Crippen LogP contribution in [0.15, 0.2) is 71.2 Å². The van der Waals surface area contributed by atoms with E-state index in [4.69, 9.17) is 21.6 Å². The first-order valence-electron chi connectivity index (χ1n) is 8.71. The van der Waals surface area contributed by atoms with Crippen LogP contribution in [0.1, 0.15) is 12.5 Å². The largest absolute Gasteiger partial charge is 0.340 e. The second-order valence-electron chi connectivity index (χ2n) is 6.24. The van der Waals surface area contributed by atoms with E-state index in [0.717, 1.165) is 38.9 Å². The number of nitrogens with one attached hydrogen (secondary N) is 1. The van der Waals surface area contributed by atoms with Crippen LogP contribution in [-0.4, -0.2) is 9.97 Å². The molecule has 0 unspecified atom stereocenters. The zero-order valence-corrected chi connectivity index (χ0v) is 17.1. The molecule has 5 heteroatoms. The predicted molar refractivity (Wildman–Crippen MR) is 117 cm³/mol. The molecule has 4 aromatic rings. The highest BCUT2D eigenvalue weighted by atomic mass is 79.9. The number of fused-ring (bicyclic) bond motifs is 1. The normalized spacial score (nSPS) is 10.9. The number of anilines is 2. The molecule has 134 valence electrons. The molecular formula is C22H17BrClN3. The van der Waals surface area contributed by atoms with Crippen LogP contribution in [0.5, 0.6) is 0 Å². The van der Waals surface area contributed by atoms with Gasteiger partial charge in [0.05, 0.1) is 5.52 Å². The van der Waals surface area contributed by atoms with Crippen LogP contribution in [0.2, 0.25) is 5.02 Å². The standard InChI is InChI=1S/C22H17BrClN3/c1-2-14-3-10-18(11-4-14)25-22-19-12-9-17(24)13-20(19)26-21(27-22)15-5-7-16(23)8-6-15/h3-13H,2H2,1H3,(H,25,26,27). The molecule has 0 saturated heterocycles. The Labute approximate surface area is 171 Å². The van der Waals surface area contributed by atoms with E-state index in [9.17, 15) is 0 Å². The number of hydrogen-bond acceptors (Lipinski definition) is 3. The van der Waals surface area contributed by atoms with Gasteiger partial charge in [-0.25, -0.2) is 9.97 Å². The Hall–Kier alpha value is -2.43. The molecule has 1 N–H and O–H groups in total. The van der Waals surface area contributed by atoms with Gasteiger partial charge in [-0.05, 0) is 54.4 Å². The average molecular weight is 439 g/mol. The van der Waals surface area contributed by atoms with Crippen LogP contribution >= 0.6 is 27.5 Å². The van der Waals surface area contributed by atoms with E-state index in [0.29, 0.717) is 10.8 Å². The van der Waals surface area contributed by atoms with Gasteiger partial charge in [-0.3, -0.25) is 0 Å². The van der Waals surface area contributed by atoms with Gasteiger partial charge < -0.3 is 5.32 Å². The number of aromatic nitrogens is 2. The summed E-state index contributed by atoms with van der Waals surface area (Å²) in [5.41, 5.74) is 4.05. The van der Waals surface area contributed by atoms with Crippen LogP contribution < -0.4 is 5.32 Å². The number of hydrogen-bond donors (Lipinski definition) is 1. The minimum absolute atomic E-state index is 0.654. The third-order valence-corrected chi connectivity index (χ3v) is 5.15. The highest BCUT2D eigenvalue weighted by Crippen LogP contribution is 2.29. The van der Waals surface area contributed by atoms with Crippen LogP contribution in [0, 0.1) is 0 Å². The SMILES string of the molecule is CCc1ccc(Nc2nc(-c3ccc(Br)cc3)nc3cc(Cl)ccc23)cc1. The fourth-order valence-electron chi connectivity index (χ4n) is 2.89. The summed E-state index contributed by atoms with van der Waals surface area (Å²) < 4.78 is 1.02. The Morgan fingerprint density at radius 2 is 1.67 bits per heavy atom. The van der Waals surface area contributed by atoms with Gasteiger partial charge in [-0.1, -0.05) is 58.7 Å². The predicted octanol–water partition coefficient (Wildman–Crippen LogP) is 7.02. The van der Waals surface area contributed by atoms with E-state index in [1.54, 1.807) is 0 Å². The van der Waals surface area contributed by atoms with Gasteiger partial charge in [0.2, 0.25) is 0 Å². The molecule has 0 atom stereocenters. The second kappa shape index (κ2) is 7.67. The lowest BCUT2D eigenvalue weighted by Gasteiger charge is -2.12. The zero-order valence-electron chi connectivity index (χ0n) is 14.7. The fraction of sp³-hybridized carbons (Fsp3) is 0.0909. The van der Waals surface area contributed by atoms with Crippen molar-refractivity contribution in [3.63, 3.8) is 0 Å². The van der Waals surface area contributed by atoms with E-state index in [1.807, 2.05) is 42.5 Å². The maximum Gasteiger partial charge on any atom is 0.162 e. The third kappa shape index (κ3) is 3.97. The first-order valence-corrected chi connectivity index (χ1v) is 9.88. The molecule has 0 aliphatic heterocycles. The van der Waals surface area contributed by atoms with Crippen molar-refractivity contribution < 1.29 is 0 Å². The molecule has 3 nitrogen and oxygen atoms in total. The highest BCUT2D eigenvalue weighted by molar-refractivity contribution is 9.10. The zero-order chi connectivity index (χ0) is 18.8. The molecule has 0 aliphatic rings. The quantitative estimate of drug-likeness (QED) is 0.372. The molecule has 4 rings (SSSR count). The summed E-state index contributed by atoms with van der Waals surface area (Å²) in [6.45, 7) is 2.15. The van der Waals surface area contributed by atoms with Gasteiger partial charge in [0.15, 0.2) is 5.82 Å². The van der Waals surface area contributed by atoms with Crippen molar-refractivity contribution in [3.05, 3.63) is 81.8 Å². The van der Waals surface area contributed by atoms with E-state index in [1.165, 1.54) is 5.56 Å². The van der Waals surface area contributed by atoms with Crippen molar-refractivity contribution in [1.82, 2.24) is 9.97 Å². The van der Waals surface area contributed by atoms with E-state index in [-0.39, 0.29) is 0 Å². The van der Waals surface area contributed by atoms with Crippen molar-refractivity contribution in [1.29, 1.82) is 0 Å². The third-order valence-electron chi connectivity index (χ3n) is 4.39. The second-order valence-corrected chi connectivity index (χ2v) is 7.59. The molecule has 0 spiro atoms. The van der Waals surface area contributed by atoms with Crippen LogP contribution in [0.25, 0.3) is 22.3 Å². The van der Waals surface area contributed by atoms with Crippen molar-refractivity contribution >= 4 is 49.9 Å². The lowest BCUT2D eigenvalue weighted by Crippen LogP contribution is -1.99. The monoisotopic (exact) mass is 437 g/mol. The molecule has 1 heterocycles. The molecule has 0 amide bonds. The van der Waals surface area contributed by atoms with Crippen molar-refractivity contribution in [2.24, 2.45) is 0 Å². The average Bonchev–Trinajstić information content (AvgIpc) is 2.68. The van der Waals surface area contributed by atoms with Gasteiger partial charge in [0.25, 0.3) is 0 Å². The molecule has 0 radical (unpaired) electrons. The van der Waals surface area contributed by atoms with Gasteiger partial charge in [0, 0.05) is 26.1 Å². The number of benzene rings is 3. The Kier molecular flexibility index (Phi) is 5.10. The maximum absolute atomic E-state index is 6.20. The summed E-state index contributed by atoms with van der Waals surface area (Å²) in [4.78, 5) is 9.50. The topological polar surface area (TPSA) is 37.8 Å². The Bertz CT molecular complexity index is 1090. The van der Waals surface area contributed by atoms with Gasteiger partial charge in [-0.2, -0.15) is 0 Å². The number of halogens is 2. The van der Waals surface area contributed by atoms with E-state index in [2.05, 4.69) is 52.4 Å². The smallest absolute Gasteiger partial charge is 0.162 e. The lowest BCUT2D eigenvalue weighted by molar-refractivity contribution is 1.14. The minimum atomic E-state index is 0.654. The Balaban J connectivity index is 1.82. The summed E-state index contributed by atoms with van der Waals surface area (Å²) in [7, 11) is 0. The maximum atomic E-state index is 6.20. The number of aryl methyl sites for hydroxylation is 1. The molecule has 0 saturated carbocycles. The van der Waals surface area contributed by atoms with Crippen LogP contribution in [0.3, 0.4) is 0 Å². The van der Waals surface area contributed by atoms with Crippen molar-refractivity contribution in [2.75, 3.05) is 5.32 Å². The Morgan fingerprint density at radius 3 is 2.37 bits per heavy atom. The summed E-state index contributed by atoms with van der Waals surface area (Å²) in [6, 6.07) is 22.0. The molecule has 0 aliphatic carbocycles. The molecule has 1 aromatic heterocycles. The van der Waals surface area contributed by atoms with E-state index >= 15 is 0 Å². The summed E-state index contributed by atoms with van der Waals surface area (Å²) >= 11 is 9.66. The summed E-state index contributed by atoms with van der Waals surface area (Å²) in [5.74, 6) is 1.42. The minimum Gasteiger partial charge on any atom is -0.340 e. The number of rotatable bonds is 4. The van der Waals surface area contributed by atoms with Gasteiger partial charge >= 0.3 is 0 Å². The fourth-order valence-corrected chi connectivity index (χ4v) is 3.32. The molecule has 27 heavy (non-hydrogen) atoms. The van der Waals surface area contributed by atoms with Crippen molar-refractivity contribution in [2.45, 2.75) is 13.3 Å². The van der Waals surface area contributed by atoms with Gasteiger partial charge in [-0.15, -0.1) is 0 Å². The molecule has 3 aromatic carbocycles. The number of nitrogens with zero attached hydrogens (tertiary/aromatic N) is 2. The first kappa shape index (κ1) is 18.0. The Morgan fingerprint density at radius 1 is 0.926 bits per heavy atom. The molecule has 0 fully saturated rings. The van der Waals surface area contributed by atoms with Crippen LogP contribution in [0.4, 0.5) is 11.5 Å².